The minimum Gasteiger partial charge on any atom is -0.493 e. The van der Waals surface area contributed by atoms with E-state index >= 15 is 0 Å². The Kier molecular flexibility index (Phi) is 9.23. The first-order chi connectivity index (χ1) is 15.6. The lowest BCUT2D eigenvalue weighted by Crippen LogP contribution is -2.26. The first kappa shape index (κ1) is 27.3. The number of carbonyl (C=O) groups is 1. The fraction of sp³-hybridized carbons (Fsp3) is 0.500. The van der Waals surface area contributed by atoms with Crippen LogP contribution in [0.1, 0.15) is 55.6 Å². The number of aryl methyl sites for hydroxylation is 1. The number of methoxy groups -OCH3 is 1. The molecule has 2 aromatic heterocycles. The summed E-state index contributed by atoms with van der Waals surface area (Å²) in [5, 5.41) is 17.2. The number of hydrogen-bond donors (Lipinski definition) is 1. The highest BCUT2D eigenvalue weighted by molar-refractivity contribution is 5.96. The minimum absolute atomic E-state index is 0. The second kappa shape index (κ2) is 11.5. The Balaban J connectivity index is 0.00000408. The second-order valence-corrected chi connectivity index (χ2v) is 8.93. The van der Waals surface area contributed by atoms with Crippen LogP contribution in [0.3, 0.4) is 0 Å². The molecule has 0 aliphatic rings. The van der Waals surface area contributed by atoms with Crippen LogP contribution in [0.2, 0.25) is 0 Å². The van der Waals surface area contributed by atoms with E-state index in [1.54, 1.807) is 19.2 Å². The number of aromatic nitrogens is 4. The molecule has 3 rings (SSSR count). The predicted molar refractivity (Wildman–Crippen MR) is 131 cm³/mol. The van der Waals surface area contributed by atoms with Crippen molar-refractivity contribution in [3.05, 3.63) is 46.6 Å². The van der Waals surface area contributed by atoms with Gasteiger partial charge < -0.3 is 14.2 Å². The van der Waals surface area contributed by atoms with E-state index in [0.29, 0.717) is 42.7 Å². The lowest BCUT2D eigenvalue weighted by atomic mass is 9.85. The highest BCUT2D eigenvalue weighted by Crippen LogP contribution is 2.28. The molecule has 0 radical (unpaired) electrons. The van der Waals surface area contributed by atoms with Crippen LogP contribution in [0.15, 0.2) is 24.3 Å². The lowest BCUT2D eigenvalue weighted by Gasteiger charge is -2.21. The van der Waals surface area contributed by atoms with Gasteiger partial charge in [-0.15, -0.1) is 22.6 Å². The SMILES string of the molecule is CCOc1cc(C)c2nn(CC(=O)c3cc(OCCCOC)cc(C(C)(C)C)c3)c(=N)n2n1.Cl. The van der Waals surface area contributed by atoms with Crippen molar-refractivity contribution in [1.29, 1.82) is 5.41 Å². The van der Waals surface area contributed by atoms with Gasteiger partial charge in [0, 0.05) is 37.3 Å². The van der Waals surface area contributed by atoms with Crippen LogP contribution < -0.4 is 15.1 Å². The zero-order chi connectivity index (χ0) is 24.2. The van der Waals surface area contributed by atoms with Gasteiger partial charge in [0.05, 0.1) is 13.2 Å². The van der Waals surface area contributed by atoms with Crippen LogP contribution in [-0.4, -0.2) is 52.1 Å². The highest BCUT2D eigenvalue weighted by Gasteiger charge is 2.20. The van der Waals surface area contributed by atoms with Gasteiger partial charge in [-0.25, -0.2) is 4.68 Å². The van der Waals surface area contributed by atoms with E-state index in [1.807, 2.05) is 26.0 Å². The Morgan fingerprint density at radius 2 is 1.82 bits per heavy atom. The Bertz CT molecular complexity index is 1200. The summed E-state index contributed by atoms with van der Waals surface area (Å²) in [6, 6.07) is 7.39. The lowest BCUT2D eigenvalue weighted by molar-refractivity contribution is 0.0964. The van der Waals surface area contributed by atoms with Gasteiger partial charge in [-0.05, 0) is 43.0 Å². The van der Waals surface area contributed by atoms with Crippen molar-refractivity contribution < 1.29 is 19.0 Å². The number of nitrogens with one attached hydrogen (secondary N) is 1. The molecule has 0 aliphatic carbocycles. The Morgan fingerprint density at radius 3 is 2.47 bits per heavy atom. The van der Waals surface area contributed by atoms with E-state index < -0.39 is 0 Å². The van der Waals surface area contributed by atoms with Gasteiger partial charge in [-0.2, -0.15) is 4.52 Å². The average Bonchev–Trinajstić information content (AvgIpc) is 3.07. The molecule has 0 bridgehead atoms. The van der Waals surface area contributed by atoms with E-state index in [-0.39, 0.29) is 35.8 Å². The van der Waals surface area contributed by atoms with Crippen LogP contribution in [-0.2, 0) is 16.7 Å². The Morgan fingerprint density at radius 1 is 1.09 bits per heavy atom. The molecular weight excluding hydrogens is 458 g/mol. The van der Waals surface area contributed by atoms with Gasteiger partial charge >= 0.3 is 0 Å². The van der Waals surface area contributed by atoms with Crippen molar-refractivity contribution in [2.75, 3.05) is 26.9 Å². The molecule has 0 saturated carbocycles. The first-order valence-electron chi connectivity index (χ1n) is 11.1. The van der Waals surface area contributed by atoms with Gasteiger partial charge in [0.25, 0.3) is 0 Å². The topological polar surface area (TPSA) is 104 Å². The van der Waals surface area contributed by atoms with Crippen LogP contribution in [0.4, 0.5) is 0 Å². The number of Topliss-reactive ketones (excluding diaryl/α,β-unsaturated/α-hetero) is 1. The van der Waals surface area contributed by atoms with Gasteiger partial charge in [0.2, 0.25) is 11.5 Å². The highest BCUT2D eigenvalue weighted by atomic mass is 35.5. The van der Waals surface area contributed by atoms with Crippen LogP contribution in [0.25, 0.3) is 5.65 Å². The monoisotopic (exact) mass is 491 g/mol. The zero-order valence-electron chi connectivity index (χ0n) is 20.7. The maximum Gasteiger partial charge on any atom is 0.242 e. The second-order valence-electron chi connectivity index (χ2n) is 8.93. The molecule has 9 nitrogen and oxygen atoms in total. The van der Waals surface area contributed by atoms with Crippen molar-refractivity contribution in [3.8, 4) is 11.6 Å². The molecule has 34 heavy (non-hydrogen) atoms. The number of ether oxygens (including phenoxy) is 3. The molecule has 186 valence electrons. The van der Waals surface area contributed by atoms with Crippen LogP contribution in [0.5, 0.6) is 11.6 Å². The average molecular weight is 492 g/mol. The van der Waals surface area contributed by atoms with Gasteiger partial charge in [-0.1, -0.05) is 20.8 Å². The van der Waals surface area contributed by atoms with Crippen molar-refractivity contribution in [3.63, 3.8) is 0 Å². The van der Waals surface area contributed by atoms with E-state index in [0.717, 1.165) is 17.5 Å². The number of ketones is 1. The maximum absolute atomic E-state index is 13.2. The first-order valence-corrected chi connectivity index (χ1v) is 11.1. The third kappa shape index (κ3) is 6.36. The van der Waals surface area contributed by atoms with Gasteiger partial charge in [0.1, 0.15) is 12.3 Å². The molecule has 0 unspecified atom stereocenters. The standard InChI is InChI=1S/C24H33N5O4.ClH/c1-7-32-21-11-16(2)22-27-28(23(25)29(22)26-21)15-20(30)17-12-18(24(3,4)5)14-19(13-17)33-10-8-9-31-6;/h11-14,25H,7-10,15H2,1-6H3;1H. The number of benzene rings is 1. The smallest absolute Gasteiger partial charge is 0.242 e. The summed E-state index contributed by atoms with van der Waals surface area (Å²) in [5.41, 5.74) is 2.70. The van der Waals surface area contributed by atoms with E-state index in [1.165, 1.54) is 9.20 Å². The molecule has 2 heterocycles. The minimum atomic E-state index is -0.160. The summed E-state index contributed by atoms with van der Waals surface area (Å²) >= 11 is 0. The molecule has 0 fully saturated rings. The number of fused-ring (bicyclic) bond motifs is 1. The van der Waals surface area contributed by atoms with Crippen LogP contribution >= 0.6 is 12.4 Å². The molecule has 0 spiro atoms. The Labute approximate surface area is 205 Å². The van der Waals surface area contributed by atoms with Gasteiger partial charge in [-0.3, -0.25) is 10.2 Å². The number of rotatable bonds is 10. The molecule has 0 amide bonds. The number of carbonyl (C=O) groups excluding carboxylic acids is 1. The molecule has 0 aliphatic heterocycles. The number of hydrogen-bond acceptors (Lipinski definition) is 7. The predicted octanol–water partition coefficient (Wildman–Crippen LogP) is 3.73. The third-order valence-electron chi connectivity index (χ3n) is 5.19. The van der Waals surface area contributed by atoms with E-state index in [9.17, 15) is 4.79 Å². The van der Waals surface area contributed by atoms with Crippen molar-refractivity contribution >= 4 is 23.8 Å². The summed E-state index contributed by atoms with van der Waals surface area (Å²) in [5.74, 6) is 0.902. The molecule has 0 atom stereocenters. The Hall–Kier alpha value is -2.91. The molecular formula is C24H34ClN5O4. The quantitative estimate of drug-likeness (QED) is 0.342. The van der Waals surface area contributed by atoms with Gasteiger partial charge in [0.15, 0.2) is 11.4 Å². The molecule has 10 heteroatoms. The number of halogens is 1. The van der Waals surface area contributed by atoms with Crippen LogP contribution in [0, 0.1) is 12.3 Å². The molecule has 0 saturated heterocycles. The van der Waals surface area contributed by atoms with Crippen molar-refractivity contribution in [2.24, 2.45) is 0 Å². The van der Waals surface area contributed by atoms with E-state index in [2.05, 4.69) is 31.0 Å². The fourth-order valence-electron chi connectivity index (χ4n) is 3.36. The number of nitrogens with zero attached hydrogens (tertiary/aromatic N) is 4. The summed E-state index contributed by atoms with van der Waals surface area (Å²) in [6.07, 6.45) is 0.759. The zero-order valence-corrected chi connectivity index (χ0v) is 21.5. The molecule has 3 aromatic rings. The normalized spacial score (nSPS) is 11.4. The largest absolute Gasteiger partial charge is 0.493 e. The fourth-order valence-corrected chi connectivity index (χ4v) is 3.36. The summed E-state index contributed by atoms with van der Waals surface area (Å²) in [4.78, 5) is 13.2. The third-order valence-corrected chi connectivity index (χ3v) is 5.19. The summed E-state index contributed by atoms with van der Waals surface area (Å²) < 4.78 is 19.2. The van der Waals surface area contributed by atoms with Crippen molar-refractivity contribution in [2.45, 2.75) is 53.0 Å². The maximum atomic E-state index is 13.2. The summed E-state index contributed by atoms with van der Waals surface area (Å²) in [7, 11) is 1.66. The molecule has 1 aromatic carbocycles. The molecule has 1 N–H and O–H groups in total. The van der Waals surface area contributed by atoms with E-state index in [4.69, 9.17) is 19.6 Å². The summed E-state index contributed by atoms with van der Waals surface area (Å²) in [6.45, 7) is 11.5. The van der Waals surface area contributed by atoms with Crippen molar-refractivity contribution in [1.82, 2.24) is 19.4 Å².